The fourth-order valence-corrected chi connectivity index (χ4v) is 5.94. The Balaban J connectivity index is 0.00000120. The molecule has 0 aliphatic carbocycles. The Morgan fingerprint density at radius 2 is 0.961 bits per heavy atom. The van der Waals surface area contributed by atoms with Gasteiger partial charge in [-0.05, 0) is 57.0 Å². The third kappa shape index (κ3) is 14.6. The first-order chi connectivity index (χ1) is 23.6. The fourth-order valence-electron chi connectivity index (χ4n) is 5.94. The number of pyridine rings is 3. The van der Waals surface area contributed by atoms with E-state index < -0.39 is 7.25 Å². The summed E-state index contributed by atoms with van der Waals surface area (Å²) in [5.41, 5.74) is 11.0. The van der Waals surface area contributed by atoms with Crippen LogP contribution in [0.2, 0.25) is 0 Å². The molecule has 5 aromatic rings. The van der Waals surface area contributed by atoms with E-state index in [9.17, 15) is 17.3 Å². The molecule has 0 bridgehead atoms. The molecule has 3 heterocycles. The highest BCUT2D eigenvalue weighted by molar-refractivity contribution is 6.50. The average Bonchev–Trinajstić information content (AvgIpc) is 3.08. The van der Waals surface area contributed by atoms with Gasteiger partial charge in [0.05, 0.1) is 12.1 Å². The number of aryl methyl sites for hydroxylation is 4. The Bertz CT molecular complexity index is 1680. The van der Waals surface area contributed by atoms with Crippen molar-refractivity contribution in [2.24, 2.45) is 0 Å². The number of aromatic nitrogens is 3. The zero-order chi connectivity index (χ0) is 35.2. The number of halogens is 6. The number of hydrogen-bond acceptors (Lipinski definition) is 0. The minimum absolute atomic E-state index is 0. The lowest BCUT2D eigenvalue weighted by Gasteiger charge is -2.12. The van der Waals surface area contributed by atoms with Gasteiger partial charge in [0.1, 0.15) is 13.1 Å². The third-order valence-electron chi connectivity index (χ3n) is 8.62. The summed E-state index contributed by atoms with van der Waals surface area (Å²) in [4.78, 5) is 0. The van der Waals surface area contributed by atoms with Gasteiger partial charge in [0, 0.05) is 53.3 Å². The van der Waals surface area contributed by atoms with Crippen molar-refractivity contribution in [1.29, 1.82) is 0 Å². The number of benzene rings is 2. The molecule has 0 atom stereocenters. The lowest BCUT2D eigenvalue weighted by molar-refractivity contribution is -0.698. The topological polar surface area (TPSA) is 11.6 Å². The van der Waals surface area contributed by atoms with Crippen molar-refractivity contribution in [3.8, 4) is 39.3 Å². The molecular weight excluding hydrogens is 875 g/mol. The predicted octanol–water partition coefficient (Wildman–Crippen LogP) is 4.62. The van der Waals surface area contributed by atoms with E-state index in [1.54, 1.807) is 0 Å². The molecule has 5 rings (SSSR count). The Morgan fingerprint density at radius 1 is 0.510 bits per heavy atom. The molecule has 10 heteroatoms. The van der Waals surface area contributed by atoms with Crippen LogP contribution in [0.15, 0.2) is 110 Å². The number of nitrogens with zero attached hydrogens (tertiary/aromatic N) is 3. The maximum absolute atomic E-state index is 9.75. The van der Waals surface area contributed by atoms with Crippen LogP contribution in [0.25, 0.3) is 39.3 Å². The zero-order valence-corrected chi connectivity index (χ0v) is 34.5. The molecule has 51 heavy (non-hydrogen) atoms. The summed E-state index contributed by atoms with van der Waals surface area (Å²) in [5, 5.41) is 0. The molecule has 3 nitrogen and oxygen atoms in total. The maximum atomic E-state index is 9.75. The summed E-state index contributed by atoms with van der Waals surface area (Å²) in [6.07, 6.45) is 19.2. The molecular formula is C41H50BF4I2N3. The molecule has 0 radical (unpaired) electrons. The normalized spacial score (nSPS) is 10.8. The van der Waals surface area contributed by atoms with Gasteiger partial charge in [0.25, 0.3) is 0 Å². The van der Waals surface area contributed by atoms with E-state index in [2.05, 4.69) is 151 Å². The van der Waals surface area contributed by atoms with Gasteiger partial charge >= 0.3 is 7.25 Å². The van der Waals surface area contributed by atoms with Crippen molar-refractivity contribution in [3.05, 3.63) is 121 Å². The van der Waals surface area contributed by atoms with Gasteiger partial charge in [-0.2, -0.15) is 4.57 Å². The van der Waals surface area contributed by atoms with Gasteiger partial charge in [-0.1, -0.05) is 74.9 Å². The van der Waals surface area contributed by atoms with Gasteiger partial charge in [-0.25, -0.2) is 9.13 Å². The average molecular weight is 925 g/mol. The van der Waals surface area contributed by atoms with Crippen molar-refractivity contribution < 1.29 is 78.9 Å². The highest BCUT2D eigenvalue weighted by Crippen LogP contribution is 2.30. The number of rotatable bonds is 14. The first-order valence-corrected chi connectivity index (χ1v) is 17.7. The van der Waals surface area contributed by atoms with Crippen LogP contribution in [-0.4, -0.2) is 7.25 Å². The van der Waals surface area contributed by atoms with Crippen LogP contribution in [0.5, 0.6) is 0 Å². The van der Waals surface area contributed by atoms with Crippen molar-refractivity contribution in [2.75, 3.05) is 0 Å². The Morgan fingerprint density at radius 3 is 1.41 bits per heavy atom. The standard InChI is InChI=1S/C41H50N3.BF4.2HI/c1-5-7-9-11-25-42-28-23-39(24-29-42)44-40(35-19-15-33(3)16-20-35)30-38(31-41(44)36-21-17-34(4)18-22-36)37-14-13-27-43(32-37)26-12-10-8-6-2;2-1(3,4)5;;/h13-24,27-32H,5-12,25-26H2,1-4H3;;2*1H/q+3;-1;;/p-2. The second kappa shape index (κ2) is 22.3. The van der Waals surface area contributed by atoms with Gasteiger partial charge in [-0.15, -0.1) is 0 Å². The highest BCUT2D eigenvalue weighted by atomic mass is 127. The predicted molar refractivity (Wildman–Crippen MR) is 193 cm³/mol. The summed E-state index contributed by atoms with van der Waals surface area (Å²) in [5.74, 6) is 0. The summed E-state index contributed by atoms with van der Waals surface area (Å²) in [7, 11) is -6.00. The second-order valence-electron chi connectivity index (χ2n) is 12.8. The van der Waals surface area contributed by atoms with Crippen LogP contribution in [-0.2, 0) is 13.1 Å². The van der Waals surface area contributed by atoms with E-state index in [-0.39, 0.29) is 48.0 Å². The Labute approximate surface area is 336 Å². The van der Waals surface area contributed by atoms with E-state index in [1.165, 1.54) is 102 Å². The fraction of sp³-hybridized carbons (Fsp3) is 0.341. The quantitative estimate of drug-likeness (QED) is 0.0508. The van der Waals surface area contributed by atoms with Crippen molar-refractivity contribution in [1.82, 2.24) is 0 Å². The molecule has 0 spiro atoms. The van der Waals surface area contributed by atoms with Crippen LogP contribution >= 0.6 is 0 Å². The first-order valence-electron chi connectivity index (χ1n) is 17.7. The second-order valence-corrected chi connectivity index (χ2v) is 12.8. The van der Waals surface area contributed by atoms with E-state index >= 15 is 0 Å². The van der Waals surface area contributed by atoms with Gasteiger partial charge < -0.3 is 65.2 Å². The van der Waals surface area contributed by atoms with E-state index in [1.807, 2.05) is 0 Å². The van der Waals surface area contributed by atoms with Gasteiger partial charge in [0.2, 0.25) is 17.1 Å². The highest BCUT2D eigenvalue weighted by Gasteiger charge is 2.26. The molecule has 2 aromatic carbocycles. The first kappa shape index (κ1) is 44.3. The summed E-state index contributed by atoms with van der Waals surface area (Å²) in [6, 6.07) is 31.7. The smallest absolute Gasteiger partial charge is 0.673 e. The van der Waals surface area contributed by atoms with E-state index in [4.69, 9.17) is 0 Å². The van der Waals surface area contributed by atoms with Crippen molar-refractivity contribution in [3.63, 3.8) is 0 Å². The molecule has 3 aromatic heterocycles. The molecule has 0 amide bonds. The lowest BCUT2D eigenvalue weighted by Crippen LogP contribution is -3.00. The van der Waals surface area contributed by atoms with Crippen molar-refractivity contribution in [2.45, 2.75) is 92.2 Å². The SMILES string of the molecule is CCCCCC[n+]1ccc(-[n+]2c(-c3ccc(C)cc3)cc(-c3ccc[n+](CCCCCC)c3)cc2-c2ccc(C)cc2)cc1.F[B-](F)(F)F.[I-].[I-]. The number of hydrogen-bond donors (Lipinski definition) is 0. The van der Waals surface area contributed by atoms with Gasteiger partial charge in [-0.3, -0.25) is 0 Å². The third-order valence-corrected chi connectivity index (χ3v) is 8.62. The largest absolute Gasteiger partial charge is 1.00 e. The van der Waals surface area contributed by atoms with Crippen LogP contribution in [0.4, 0.5) is 17.3 Å². The molecule has 274 valence electrons. The molecule has 0 aliphatic rings. The summed E-state index contributed by atoms with van der Waals surface area (Å²) < 4.78 is 46.1. The van der Waals surface area contributed by atoms with Crippen LogP contribution in [0.1, 0.15) is 76.3 Å². The van der Waals surface area contributed by atoms with Crippen LogP contribution < -0.4 is 61.7 Å². The Hall–Kier alpha value is -2.87. The van der Waals surface area contributed by atoms with Gasteiger partial charge in [0.15, 0.2) is 24.8 Å². The monoisotopic (exact) mass is 925 g/mol. The van der Waals surface area contributed by atoms with E-state index in [0.29, 0.717) is 0 Å². The minimum Gasteiger partial charge on any atom is -1.00 e. The molecule has 0 saturated heterocycles. The molecule has 0 saturated carbocycles. The summed E-state index contributed by atoms with van der Waals surface area (Å²) >= 11 is 0. The maximum Gasteiger partial charge on any atom is 0.673 e. The van der Waals surface area contributed by atoms with Crippen LogP contribution in [0, 0.1) is 13.8 Å². The molecule has 0 unspecified atom stereocenters. The lowest BCUT2D eigenvalue weighted by atomic mass is 9.98. The molecule has 0 fully saturated rings. The van der Waals surface area contributed by atoms with Crippen molar-refractivity contribution >= 4 is 7.25 Å². The minimum atomic E-state index is -6.00. The molecule has 0 aliphatic heterocycles. The molecule has 0 N–H and O–H groups in total. The van der Waals surface area contributed by atoms with Crippen LogP contribution in [0.3, 0.4) is 0 Å². The summed E-state index contributed by atoms with van der Waals surface area (Å²) in [6.45, 7) is 11.0. The van der Waals surface area contributed by atoms with E-state index in [0.717, 1.165) is 13.1 Å². The number of unbranched alkanes of at least 4 members (excludes halogenated alkanes) is 6. The zero-order valence-electron chi connectivity index (χ0n) is 30.2. The Kier molecular flexibility index (Phi) is 19.3.